The molecule has 0 aliphatic rings. The molecule has 0 bridgehead atoms. The second-order valence-corrected chi connectivity index (χ2v) is 43.7. The maximum absolute atomic E-state index is 11.8. The molecule has 0 aromatic heterocycles. The fraction of sp³-hybridized carbons (Fsp3) is 1.00. The summed E-state index contributed by atoms with van der Waals surface area (Å²) in [7, 11) is -24.8. The van der Waals surface area contributed by atoms with Crippen LogP contribution in [0, 0.1) is 71.0 Å². The van der Waals surface area contributed by atoms with Crippen LogP contribution >= 0.6 is 46.9 Å². The van der Waals surface area contributed by atoms with Gasteiger partial charge in [0.2, 0.25) is 0 Å². The molecule has 31 heteroatoms. The van der Waals surface area contributed by atoms with Crippen LogP contribution in [0.3, 0.4) is 0 Å². The second kappa shape index (κ2) is 96.2. The van der Waals surface area contributed by atoms with Crippen LogP contribution in [0.1, 0.15) is 474 Å². The van der Waals surface area contributed by atoms with Gasteiger partial charge in [-0.3, -0.25) is 27.4 Å². The molecular weight excluding hydrogens is 1820 g/mol. The van der Waals surface area contributed by atoms with E-state index in [0.717, 1.165) is 308 Å². The Morgan fingerprint density at radius 2 is 0.213 bits per heavy atom. The molecule has 12 unspecified atom stereocenters. The van der Waals surface area contributed by atoms with E-state index in [1.807, 2.05) is 0 Å². The molecule has 0 saturated heterocycles. The predicted octanol–water partition coefficient (Wildman–Crippen LogP) is 29.5. The van der Waals surface area contributed by atoms with Gasteiger partial charge in [0, 0.05) is 0 Å². The zero-order valence-electron chi connectivity index (χ0n) is 86.2. The van der Waals surface area contributed by atoms with Gasteiger partial charge in [0.25, 0.3) is 46.9 Å². The van der Waals surface area contributed by atoms with E-state index >= 15 is 0 Å². The Kier molecular flexibility index (Phi) is 107. The zero-order valence-corrected chi connectivity index (χ0v) is 93.6. The van der Waals surface area contributed by atoms with Crippen molar-refractivity contribution in [3.8, 4) is 0 Å². The Morgan fingerprint density at radius 1 is 0.150 bits per heavy atom. The molecule has 0 spiro atoms. The topological polar surface area (TPSA) is 352 Å². The Balaban J connectivity index is -0.000000272. The number of phosphoric ester groups is 6. The first-order chi connectivity index (χ1) is 59.9. The number of phosphoric acid groups is 6. The third kappa shape index (κ3) is 94.7. The largest absolute Gasteiger partial charge is 6.00 e. The van der Waals surface area contributed by atoms with Gasteiger partial charge in [0.15, 0.2) is 0 Å². The zero-order chi connectivity index (χ0) is 96.8. The molecule has 0 aromatic rings. The molecular formula is C96H204MoO24P6. The summed E-state index contributed by atoms with van der Waals surface area (Å²) >= 11 is 0. The first-order valence-electron chi connectivity index (χ1n) is 51.5. The Labute approximate surface area is 798 Å². The first-order valence-corrected chi connectivity index (χ1v) is 60.3. The second-order valence-electron chi connectivity index (χ2n) is 35.2. The molecule has 768 valence electrons. The predicted molar refractivity (Wildman–Crippen MR) is 517 cm³/mol. The number of rotatable bonds is 84. The van der Waals surface area contributed by atoms with Crippen molar-refractivity contribution in [2.75, 3.05) is 79.3 Å². The standard InChI is InChI=1S/6C16H35O4P.Mo/c6*1-5-9-11-15(7-3)13-19-21(17,18)20-14-16(8-4)12-10-6-2;/h6*15-16H,5-14H2,1-4H3,(H,17,18);/q;;;;;;+6/p-6. The maximum atomic E-state index is 11.8. The summed E-state index contributed by atoms with van der Waals surface area (Å²) in [5.74, 6) is 3.64. The van der Waals surface area contributed by atoms with E-state index in [2.05, 4.69) is 166 Å². The molecule has 0 amide bonds. The maximum Gasteiger partial charge on any atom is 6.00 e. The van der Waals surface area contributed by atoms with Gasteiger partial charge in [-0.25, -0.2) is 0 Å². The van der Waals surface area contributed by atoms with Crippen LogP contribution in [-0.2, 0) is 103 Å². The minimum atomic E-state index is -4.14. The van der Waals surface area contributed by atoms with Gasteiger partial charge < -0.3 is 83.6 Å². The van der Waals surface area contributed by atoms with E-state index in [-0.39, 0.29) is 100 Å². The van der Waals surface area contributed by atoms with E-state index in [4.69, 9.17) is 54.3 Å². The van der Waals surface area contributed by atoms with Crippen molar-refractivity contribution in [1.29, 1.82) is 0 Å². The van der Waals surface area contributed by atoms with E-state index in [0.29, 0.717) is 71.0 Å². The van der Waals surface area contributed by atoms with Gasteiger partial charge in [-0.15, -0.1) is 0 Å². The number of unbranched alkanes of at least 4 members (excludes halogenated alkanes) is 12. The summed E-state index contributed by atoms with van der Waals surface area (Å²) in [6, 6.07) is 0. The Bertz CT molecular complexity index is 2000. The van der Waals surface area contributed by atoms with Crippen LogP contribution in [0.15, 0.2) is 0 Å². The molecule has 0 saturated carbocycles. The number of hydrogen-bond donors (Lipinski definition) is 0. The molecule has 0 aromatic carbocycles. The fourth-order valence-electron chi connectivity index (χ4n) is 13.4. The quantitative estimate of drug-likeness (QED) is 0.0403. The van der Waals surface area contributed by atoms with Gasteiger partial charge in [-0.1, -0.05) is 397 Å². The summed E-state index contributed by atoms with van der Waals surface area (Å²) < 4.78 is 131. The summed E-state index contributed by atoms with van der Waals surface area (Å²) in [5, 5.41) is 0. The minimum Gasteiger partial charge on any atom is -0.756 e. The van der Waals surface area contributed by atoms with Crippen LogP contribution in [0.5, 0.6) is 0 Å². The molecule has 0 N–H and O–H groups in total. The van der Waals surface area contributed by atoms with Crippen molar-refractivity contribution in [2.24, 2.45) is 71.0 Å². The van der Waals surface area contributed by atoms with Crippen LogP contribution in [0.4, 0.5) is 0 Å². The summed E-state index contributed by atoms with van der Waals surface area (Å²) in [5.41, 5.74) is 0. The molecule has 0 radical (unpaired) electrons. The van der Waals surface area contributed by atoms with Crippen molar-refractivity contribution < 1.29 is 132 Å². The molecule has 0 heterocycles. The Hall–Kier alpha value is 1.35. The SMILES string of the molecule is CCCCC(CC)COP(=O)([O-])OCC(CC)CCCC.CCCCC(CC)COP(=O)([O-])OCC(CC)CCCC.CCCCC(CC)COP(=O)([O-])OCC(CC)CCCC.CCCCC(CC)COP(=O)([O-])OCC(CC)CCCC.CCCCC(CC)COP(=O)([O-])OCC(CC)CCCC.CCCCC(CC)COP(=O)([O-])OCC(CC)CCCC.[Mo+6]. The van der Waals surface area contributed by atoms with Crippen molar-refractivity contribution in [3.63, 3.8) is 0 Å². The minimum absolute atomic E-state index is 0. The molecule has 127 heavy (non-hydrogen) atoms. The molecule has 12 atom stereocenters. The van der Waals surface area contributed by atoms with Crippen LogP contribution in [0.25, 0.3) is 0 Å². The molecule has 0 rings (SSSR count). The summed E-state index contributed by atoms with van der Waals surface area (Å²) in [4.78, 5) is 70.8. The number of hydrogen-bond acceptors (Lipinski definition) is 24. The molecule has 0 fully saturated rings. The normalized spacial score (nSPS) is 17.2. The summed E-state index contributed by atoms with van der Waals surface area (Å²) in [6.07, 6.45) is 50.3. The van der Waals surface area contributed by atoms with Crippen LogP contribution in [0.2, 0.25) is 0 Å². The smallest absolute Gasteiger partial charge is 0.756 e. The molecule has 24 nitrogen and oxygen atoms in total. The van der Waals surface area contributed by atoms with Crippen molar-refractivity contribution in [3.05, 3.63) is 0 Å². The third-order valence-electron chi connectivity index (χ3n) is 24.1. The van der Waals surface area contributed by atoms with Gasteiger partial charge in [0.1, 0.15) is 0 Å². The van der Waals surface area contributed by atoms with Crippen molar-refractivity contribution >= 4 is 46.9 Å². The van der Waals surface area contributed by atoms with E-state index < -0.39 is 46.9 Å². The van der Waals surface area contributed by atoms with Gasteiger partial charge in [-0.05, 0) is 148 Å². The van der Waals surface area contributed by atoms with Crippen molar-refractivity contribution in [1.82, 2.24) is 0 Å². The summed E-state index contributed by atoms with van der Waals surface area (Å²) in [6.45, 7) is 53.5. The third-order valence-corrected chi connectivity index (χ3v) is 29.7. The van der Waals surface area contributed by atoms with E-state index in [9.17, 15) is 56.8 Å². The average Bonchev–Trinajstić information content (AvgIpc) is 0.936. The van der Waals surface area contributed by atoms with Crippen LogP contribution < -0.4 is 29.4 Å². The first kappa shape index (κ1) is 141. The van der Waals surface area contributed by atoms with E-state index in [1.54, 1.807) is 0 Å². The fourth-order valence-corrected chi connectivity index (χ4v) is 18.5. The van der Waals surface area contributed by atoms with Gasteiger partial charge >= 0.3 is 21.1 Å². The molecule has 0 aliphatic heterocycles. The van der Waals surface area contributed by atoms with Gasteiger partial charge in [0.05, 0.1) is 79.3 Å². The monoisotopic (exact) mass is 2030 g/mol. The van der Waals surface area contributed by atoms with Gasteiger partial charge in [-0.2, -0.15) is 0 Å². The molecule has 0 aliphatic carbocycles. The average molecular weight is 2020 g/mol. The Morgan fingerprint density at radius 3 is 0.260 bits per heavy atom. The van der Waals surface area contributed by atoms with Crippen molar-refractivity contribution in [2.45, 2.75) is 474 Å². The van der Waals surface area contributed by atoms with E-state index in [1.165, 1.54) is 0 Å². The van der Waals surface area contributed by atoms with Crippen LogP contribution in [-0.4, -0.2) is 79.3 Å².